The number of thiazole rings is 1. The van der Waals surface area contributed by atoms with Crippen molar-refractivity contribution in [2.24, 2.45) is 5.41 Å². The number of nitrogens with zero attached hydrogens (tertiary/aromatic N) is 2. The molecule has 0 saturated heterocycles. The molecule has 3 rings (SSSR count). The van der Waals surface area contributed by atoms with Crippen LogP contribution < -0.4 is 4.90 Å². The maximum absolute atomic E-state index is 12.4. The van der Waals surface area contributed by atoms with Crippen molar-refractivity contribution in [2.45, 2.75) is 24.6 Å². The molecule has 1 heterocycles. The number of ether oxygens (including phenoxy) is 1. The van der Waals surface area contributed by atoms with Gasteiger partial charge in [-0.05, 0) is 26.0 Å². The van der Waals surface area contributed by atoms with Crippen LogP contribution in [0.2, 0.25) is 0 Å². The molecule has 0 N–H and O–H groups in total. The normalized spacial score (nSPS) is 21.5. The molecular formula is C16H16Cl2N2O3S. The number of anilines is 1. The average Bonchev–Trinajstić information content (AvgIpc) is 2.89. The zero-order valence-corrected chi connectivity index (χ0v) is 15.5. The number of aromatic nitrogens is 1. The Labute approximate surface area is 153 Å². The fraction of sp³-hybridized carbons (Fsp3) is 0.438. The Balaban J connectivity index is 1.67. The van der Waals surface area contributed by atoms with Crippen molar-refractivity contribution in [1.29, 1.82) is 0 Å². The Hall–Kier alpha value is -1.37. The summed E-state index contributed by atoms with van der Waals surface area (Å²) in [6, 6.07) is 7.66. The van der Waals surface area contributed by atoms with E-state index >= 15 is 0 Å². The number of carbonyl (C=O) groups excluding carboxylic acids is 2. The summed E-state index contributed by atoms with van der Waals surface area (Å²) >= 11 is 13.3. The third-order valence-corrected chi connectivity index (χ3v) is 6.33. The molecule has 128 valence electrons. The molecule has 24 heavy (non-hydrogen) atoms. The summed E-state index contributed by atoms with van der Waals surface area (Å²) < 4.78 is 5.01. The Kier molecular flexibility index (Phi) is 4.49. The number of likely N-dealkylation sites (N-methyl/N-ethyl adjacent to an activating group) is 1. The van der Waals surface area contributed by atoms with E-state index in [0.717, 1.165) is 10.2 Å². The standard InChI is InChI=1S/C16H16Cl2N2O3S/c1-3-20(14-19-10-6-4-5-7-11(10)24-14)12(21)8-23-13(22)15(2)9-16(15,17)18/h4-7H,3,8-9H2,1-2H3. The molecule has 1 aliphatic rings. The third-order valence-electron chi connectivity index (χ3n) is 4.17. The highest BCUT2D eigenvalue weighted by molar-refractivity contribution is 7.22. The number of carbonyl (C=O) groups is 2. The van der Waals surface area contributed by atoms with Crippen LogP contribution in [0.1, 0.15) is 20.3 Å². The molecule has 2 aromatic rings. The lowest BCUT2D eigenvalue weighted by Crippen LogP contribution is -2.35. The van der Waals surface area contributed by atoms with E-state index in [9.17, 15) is 9.59 Å². The largest absolute Gasteiger partial charge is 0.455 e. The van der Waals surface area contributed by atoms with E-state index in [0.29, 0.717) is 18.1 Å². The number of para-hydroxylation sites is 1. The average molecular weight is 387 g/mol. The first kappa shape index (κ1) is 17.5. The minimum absolute atomic E-state index is 0.325. The van der Waals surface area contributed by atoms with Gasteiger partial charge < -0.3 is 4.74 Å². The summed E-state index contributed by atoms with van der Waals surface area (Å²) in [6.07, 6.45) is 0.325. The monoisotopic (exact) mass is 386 g/mol. The lowest BCUT2D eigenvalue weighted by molar-refractivity contribution is -0.152. The first-order valence-corrected chi connectivity index (χ1v) is 9.07. The lowest BCUT2D eigenvalue weighted by Gasteiger charge is -2.18. The molecule has 1 atom stereocenters. The minimum atomic E-state index is -1.11. The van der Waals surface area contributed by atoms with Crippen molar-refractivity contribution in [3.63, 3.8) is 0 Å². The summed E-state index contributed by atoms with van der Waals surface area (Å²) in [5, 5.41) is 0.585. The van der Waals surface area contributed by atoms with Crippen LogP contribution in [0, 0.1) is 5.41 Å². The highest BCUT2D eigenvalue weighted by Crippen LogP contribution is 2.64. The zero-order chi connectivity index (χ0) is 17.5. The highest BCUT2D eigenvalue weighted by Gasteiger charge is 2.69. The van der Waals surface area contributed by atoms with E-state index in [1.807, 2.05) is 31.2 Å². The summed E-state index contributed by atoms with van der Waals surface area (Å²) in [5.41, 5.74) is -0.108. The van der Waals surface area contributed by atoms with E-state index in [1.54, 1.807) is 6.92 Å². The van der Waals surface area contributed by atoms with Gasteiger partial charge in [-0.3, -0.25) is 14.5 Å². The molecule has 1 aromatic heterocycles. The number of fused-ring (bicyclic) bond motifs is 1. The van der Waals surface area contributed by atoms with Crippen molar-refractivity contribution in [1.82, 2.24) is 4.98 Å². The molecular weight excluding hydrogens is 371 g/mol. The zero-order valence-electron chi connectivity index (χ0n) is 13.2. The Morgan fingerprint density at radius 2 is 2.04 bits per heavy atom. The molecule has 0 aliphatic heterocycles. The van der Waals surface area contributed by atoms with Crippen LogP contribution in [-0.4, -0.2) is 34.3 Å². The molecule has 0 bridgehead atoms. The molecule has 1 aromatic carbocycles. The molecule has 1 aliphatic carbocycles. The summed E-state index contributed by atoms with van der Waals surface area (Å²) in [4.78, 5) is 30.4. The predicted molar refractivity (Wildman–Crippen MR) is 95.8 cm³/mol. The molecule has 5 nitrogen and oxygen atoms in total. The summed E-state index contributed by atoms with van der Waals surface area (Å²) in [7, 11) is 0. The Bertz CT molecular complexity index is 774. The number of benzene rings is 1. The van der Waals surface area contributed by atoms with Gasteiger partial charge in [0, 0.05) is 13.0 Å². The van der Waals surface area contributed by atoms with Gasteiger partial charge >= 0.3 is 5.97 Å². The van der Waals surface area contributed by atoms with E-state index < -0.39 is 15.7 Å². The molecule has 1 fully saturated rings. The second-order valence-electron chi connectivity index (χ2n) is 5.89. The number of halogens is 2. The SMILES string of the molecule is CCN(C(=O)COC(=O)C1(C)CC1(Cl)Cl)c1nc2ccccc2s1. The fourth-order valence-corrected chi connectivity index (χ4v) is 4.12. The predicted octanol–water partition coefficient (Wildman–Crippen LogP) is 3.78. The van der Waals surface area contributed by atoms with Gasteiger partial charge in [-0.15, -0.1) is 23.2 Å². The summed E-state index contributed by atoms with van der Waals surface area (Å²) in [5.74, 6) is -0.884. The first-order valence-electron chi connectivity index (χ1n) is 7.49. The van der Waals surface area contributed by atoms with Crippen LogP contribution in [0.5, 0.6) is 0 Å². The van der Waals surface area contributed by atoms with Crippen molar-refractivity contribution in [3.05, 3.63) is 24.3 Å². The minimum Gasteiger partial charge on any atom is -0.455 e. The highest BCUT2D eigenvalue weighted by atomic mass is 35.5. The molecule has 8 heteroatoms. The van der Waals surface area contributed by atoms with Gasteiger partial charge in [-0.1, -0.05) is 23.5 Å². The van der Waals surface area contributed by atoms with Crippen LogP contribution in [0.25, 0.3) is 10.2 Å². The van der Waals surface area contributed by atoms with Crippen LogP contribution in [0.4, 0.5) is 5.13 Å². The van der Waals surface area contributed by atoms with Gasteiger partial charge in [-0.2, -0.15) is 0 Å². The number of esters is 1. The molecule has 1 amide bonds. The van der Waals surface area contributed by atoms with Crippen LogP contribution in [0.3, 0.4) is 0 Å². The van der Waals surface area contributed by atoms with Crippen molar-refractivity contribution >= 4 is 61.8 Å². The molecule has 1 saturated carbocycles. The van der Waals surface area contributed by atoms with Crippen LogP contribution >= 0.6 is 34.5 Å². The third kappa shape index (κ3) is 2.98. The maximum Gasteiger partial charge on any atom is 0.315 e. The van der Waals surface area contributed by atoms with Crippen LogP contribution in [0.15, 0.2) is 24.3 Å². The summed E-state index contributed by atoms with van der Waals surface area (Å²) in [6.45, 7) is 3.55. The lowest BCUT2D eigenvalue weighted by atomic mass is 10.1. The fourth-order valence-electron chi connectivity index (χ4n) is 2.38. The second kappa shape index (κ2) is 6.17. The Morgan fingerprint density at radius 1 is 1.38 bits per heavy atom. The number of alkyl halides is 2. The van der Waals surface area contributed by atoms with Gasteiger partial charge in [0.25, 0.3) is 5.91 Å². The van der Waals surface area contributed by atoms with E-state index in [-0.39, 0.29) is 12.5 Å². The van der Waals surface area contributed by atoms with Gasteiger partial charge in [0.15, 0.2) is 11.7 Å². The molecule has 0 radical (unpaired) electrons. The van der Waals surface area contributed by atoms with Gasteiger partial charge in [0.05, 0.1) is 10.2 Å². The second-order valence-corrected chi connectivity index (χ2v) is 8.38. The van der Waals surface area contributed by atoms with Gasteiger partial charge in [0.1, 0.15) is 9.75 Å². The first-order chi connectivity index (χ1) is 11.3. The van der Waals surface area contributed by atoms with Crippen molar-refractivity contribution < 1.29 is 14.3 Å². The van der Waals surface area contributed by atoms with Gasteiger partial charge in [-0.25, -0.2) is 4.98 Å². The topological polar surface area (TPSA) is 59.5 Å². The molecule has 0 spiro atoms. The van der Waals surface area contributed by atoms with E-state index in [2.05, 4.69) is 4.98 Å². The number of rotatable bonds is 5. The smallest absolute Gasteiger partial charge is 0.315 e. The Morgan fingerprint density at radius 3 is 2.62 bits per heavy atom. The van der Waals surface area contributed by atoms with Crippen molar-refractivity contribution in [3.8, 4) is 0 Å². The van der Waals surface area contributed by atoms with Crippen LogP contribution in [-0.2, 0) is 14.3 Å². The number of hydrogen-bond acceptors (Lipinski definition) is 5. The van der Waals surface area contributed by atoms with Gasteiger partial charge in [0.2, 0.25) is 0 Å². The number of hydrogen-bond donors (Lipinski definition) is 0. The van der Waals surface area contributed by atoms with E-state index in [4.69, 9.17) is 27.9 Å². The molecule has 1 unspecified atom stereocenters. The van der Waals surface area contributed by atoms with Crippen molar-refractivity contribution in [2.75, 3.05) is 18.1 Å². The number of amides is 1. The maximum atomic E-state index is 12.4. The van der Waals surface area contributed by atoms with E-state index in [1.165, 1.54) is 16.2 Å². The quantitative estimate of drug-likeness (QED) is 0.579.